The summed E-state index contributed by atoms with van der Waals surface area (Å²) in [6.07, 6.45) is 3.76. The monoisotopic (exact) mass is 369 g/mol. The van der Waals surface area contributed by atoms with Crippen molar-refractivity contribution in [1.82, 2.24) is 15.1 Å². The Hall–Kier alpha value is -2.34. The first-order valence-electron chi connectivity index (χ1n) is 9.73. The minimum atomic E-state index is -0.977. The van der Waals surface area contributed by atoms with Crippen LogP contribution in [-0.2, 0) is 24.1 Å². The van der Waals surface area contributed by atoms with Gasteiger partial charge in [0.1, 0.15) is 5.75 Å². The van der Waals surface area contributed by atoms with Gasteiger partial charge in [0.2, 0.25) is 5.91 Å². The molecule has 0 aliphatic carbocycles. The molecule has 0 unspecified atom stereocenters. The van der Waals surface area contributed by atoms with Gasteiger partial charge in [-0.25, -0.2) is 0 Å². The second-order valence-electron chi connectivity index (χ2n) is 8.17. The van der Waals surface area contributed by atoms with Crippen LogP contribution in [0.4, 0.5) is 0 Å². The molecule has 0 saturated heterocycles. The second-order valence-corrected chi connectivity index (χ2v) is 8.17. The summed E-state index contributed by atoms with van der Waals surface area (Å²) >= 11 is 0. The molecule has 1 aromatic heterocycles. The fourth-order valence-electron chi connectivity index (χ4n) is 3.96. The van der Waals surface area contributed by atoms with E-state index in [-0.39, 0.29) is 12.3 Å². The van der Waals surface area contributed by atoms with Crippen molar-refractivity contribution in [3.8, 4) is 17.0 Å². The minimum Gasteiger partial charge on any atom is -0.493 e. The lowest BCUT2D eigenvalue weighted by atomic mass is 9.98. The standard InChI is InChI=1S/C21H27N3O3/c1-21(2,26)13-19(25)24-9-7-16-17(8-10-24)22-23-20(16)15-5-6-18-14(12-15)4-3-11-27-18/h5-6,12,26H,3-4,7-11,13H2,1-2H3,(H,22,23). The van der Waals surface area contributed by atoms with Crippen molar-refractivity contribution < 1.29 is 14.6 Å². The Morgan fingerprint density at radius 2 is 2.11 bits per heavy atom. The maximum Gasteiger partial charge on any atom is 0.225 e. The average Bonchev–Trinajstić information content (AvgIpc) is 2.91. The van der Waals surface area contributed by atoms with Crippen LogP contribution in [0.5, 0.6) is 5.75 Å². The van der Waals surface area contributed by atoms with Gasteiger partial charge in [-0.2, -0.15) is 5.10 Å². The zero-order valence-electron chi connectivity index (χ0n) is 16.0. The van der Waals surface area contributed by atoms with Crippen LogP contribution in [0.25, 0.3) is 11.3 Å². The quantitative estimate of drug-likeness (QED) is 0.871. The van der Waals surface area contributed by atoms with Crippen LogP contribution in [0.15, 0.2) is 18.2 Å². The number of nitrogens with zero attached hydrogens (tertiary/aromatic N) is 2. The normalized spacial score (nSPS) is 16.9. The van der Waals surface area contributed by atoms with E-state index in [1.807, 2.05) is 11.0 Å². The van der Waals surface area contributed by atoms with E-state index in [1.165, 1.54) is 11.1 Å². The number of H-pyrrole nitrogens is 1. The Morgan fingerprint density at radius 1 is 1.30 bits per heavy atom. The Kier molecular flexibility index (Phi) is 4.68. The number of nitrogens with one attached hydrogen (secondary N) is 1. The van der Waals surface area contributed by atoms with E-state index in [0.717, 1.165) is 55.0 Å². The summed E-state index contributed by atoms with van der Waals surface area (Å²) in [4.78, 5) is 14.3. The van der Waals surface area contributed by atoms with Crippen molar-refractivity contribution in [3.63, 3.8) is 0 Å². The Morgan fingerprint density at radius 3 is 2.93 bits per heavy atom. The maximum absolute atomic E-state index is 12.5. The molecule has 0 saturated carbocycles. The Labute approximate surface area is 159 Å². The molecule has 0 radical (unpaired) electrons. The molecule has 6 nitrogen and oxygen atoms in total. The molecule has 3 heterocycles. The lowest BCUT2D eigenvalue weighted by Crippen LogP contribution is -2.38. The van der Waals surface area contributed by atoms with Gasteiger partial charge >= 0.3 is 0 Å². The molecule has 0 fully saturated rings. The highest BCUT2D eigenvalue weighted by atomic mass is 16.5. The zero-order chi connectivity index (χ0) is 19.0. The van der Waals surface area contributed by atoms with Gasteiger partial charge in [0.15, 0.2) is 0 Å². The third kappa shape index (κ3) is 3.86. The van der Waals surface area contributed by atoms with Gasteiger partial charge < -0.3 is 14.7 Å². The summed E-state index contributed by atoms with van der Waals surface area (Å²) in [6, 6.07) is 6.30. The van der Waals surface area contributed by atoms with Gasteiger partial charge in [-0.3, -0.25) is 9.89 Å². The highest BCUT2D eigenvalue weighted by Gasteiger charge is 2.26. The van der Waals surface area contributed by atoms with Gasteiger partial charge in [-0.05, 0) is 56.9 Å². The molecule has 1 aromatic carbocycles. The molecular weight excluding hydrogens is 342 g/mol. The van der Waals surface area contributed by atoms with Crippen LogP contribution in [0, 0.1) is 0 Å². The van der Waals surface area contributed by atoms with E-state index in [9.17, 15) is 9.90 Å². The number of rotatable bonds is 3. The molecule has 0 spiro atoms. The van der Waals surface area contributed by atoms with Crippen LogP contribution < -0.4 is 4.74 Å². The van der Waals surface area contributed by atoms with Crippen molar-refractivity contribution >= 4 is 5.91 Å². The SMILES string of the molecule is CC(C)(O)CC(=O)N1CCc2[nH]nc(-c3ccc4c(c3)CCCO4)c2CC1. The summed E-state index contributed by atoms with van der Waals surface area (Å²) in [7, 11) is 0. The first kappa shape index (κ1) is 18.0. The fourth-order valence-corrected chi connectivity index (χ4v) is 3.96. The summed E-state index contributed by atoms with van der Waals surface area (Å²) in [5.41, 5.74) is 4.66. The number of ether oxygens (including phenoxy) is 1. The molecule has 144 valence electrons. The molecule has 2 aliphatic heterocycles. The number of carbonyl (C=O) groups excluding carboxylic acids is 1. The minimum absolute atomic E-state index is 0.00749. The van der Waals surface area contributed by atoms with Gasteiger partial charge in [0.25, 0.3) is 0 Å². The van der Waals surface area contributed by atoms with Crippen LogP contribution >= 0.6 is 0 Å². The topological polar surface area (TPSA) is 78.5 Å². The molecule has 4 rings (SSSR count). The number of hydrogen-bond acceptors (Lipinski definition) is 4. The number of carbonyl (C=O) groups is 1. The maximum atomic E-state index is 12.5. The summed E-state index contributed by atoms with van der Waals surface area (Å²) in [5, 5.41) is 17.7. The number of hydrogen-bond donors (Lipinski definition) is 2. The first-order valence-corrected chi connectivity index (χ1v) is 9.73. The number of aryl methyl sites for hydroxylation is 1. The molecule has 1 amide bonds. The molecule has 2 aliphatic rings. The van der Waals surface area contributed by atoms with E-state index in [1.54, 1.807) is 13.8 Å². The van der Waals surface area contributed by atoms with Crippen molar-refractivity contribution in [1.29, 1.82) is 0 Å². The summed E-state index contributed by atoms with van der Waals surface area (Å²) in [6.45, 7) is 5.45. The lowest BCUT2D eigenvalue weighted by Gasteiger charge is -2.24. The van der Waals surface area contributed by atoms with Crippen LogP contribution in [0.2, 0.25) is 0 Å². The van der Waals surface area contributed by atoms with E-state index in [2.05, 4.69) is 22.3 Å². The average molecular weight is 369 g/mol. The summed E-state index contributed by atoms with van der Waals surface area (Å²) in [5.74, 6) is 0.989. The molecule has 0 atom stereocenters. The van der Waals surface area contributed by atoms with Crippen molar-refractivity contribution in [2.75, 3.05) is 19.7 Å². The Bertz CT molecular complexity index is 851. The third-order valence-electron chi connectivity index (χ3n) is 5.33. The molecule has 6 heteroatoms. The highest BCUT2D eigenvalue weighted by molar-refractivity contribution is 5.77. The molecule has 2 N–H and O–H groups in total. The zero-order valence-corrected chi connectivity index (χ0v) is 16.0. The van der Waals surface area contributed by atoms with E-state index >= 15 is 0 Å². The number of aromatic amines is 1. The van der Waals surface area contributed by atoms with Crippen LogP contribution in [0.3, 0.4) is 0 Å². The predicted octanol–water partition coefficient (Wildman–Crippen LogP) is 2.49. The van der Waals surface area contributed by atoms with Gasteiger partial charge in [0.05, 0.1) is 24.3 Å². The van der Waals surface area contributed by atoms with E-state index < -0.39 is 5.60 Å². The third-order valence-corrected chi connectivity index (χ3v) is 5.33. The smallest absolute Gasteiger partial charge is 0.225 e. The lowest BCUT2D eigenvalue weighted by molar-refractivity contribution is -0.135. The molecule has 0 bridgehead atoms. The van der Waals surface area contributed by atoms with E-state index in [0.29, 0.717) is 13.1 Å². The first-order chi connectivity index (χ1) is 12.9. The van der Waals surface area contributed by atoms with E-state index in [4.69, 9.17) is 4.74 Å². The van der Waals surface area contributed by atoms with Crippen molar-refractivity contribution in [3.05, 3.63) is 35.0 Å². The molecule has 27 heavy (non-hydrogen) atoms. The van der Waals surface area contributed by atoms with Gasteiger partial charge in [-0.15, -0.1) is 0 Å². The number of amides is 1. The largest absolute Gasteiger partial charge is 0.493 e. The van der Waals surface area contributed by atoms with Gasteiger partial charge in [-0.1, -0.05) is 0 Å². The van der Waals surface area contributed by atoms with Crippen LogP contribution in [0.1, 0.15) is 43.5 Å². The predicted molar refractivity (Wildman–Crippen MR) is 103 cm³/mol. The fraction of sp³-hybridized carbons (Fsp3) is 0.524. The molecule has 2 aromatic rings. The van der Waals surface area contributed by atoms with Crippen LogP contribution in [-0.4, -0.2) is 51.4 Å². The number of benzene rings is 1. The summed E-state index contributed by atoms with van der Waals surface area (Å²) < 4.78 is 5.72. The number of aromatic nitrogens is 2. The second kappa shape index (κ2) is 7.00. The van der Waals surface area contributed by atoms with Crippen molar-refractivity contribution in [2.45, 2.75) is 51.6 Å². The number of fused-ring (bicyclic) bond motifs is 2. The number of aliphatic hydroxyl groups is 1. The van der Waals surface area contributed by atoms with Gasteiger partial charge in [0, 0.05) is 36.3 Å². The molecular formula is C21H27N3O3. The highest BCUT2D eigenvalue weighted by Crippen LogP contribution is 2.32. The Balaban J connectivity index is 1.54. The van der Waals surface area contributed by atoms with Crippen molar-refractivity contribution in [2.24, 2.45) is 0 Å².